The van der Waals surface area contributed by atoms with Crippen molar-refractivity contribution in [1.29, 1.82) is 0 Å². The van der Waals surface area contributed by atoms with Crippen LogP contribution in [0.4, 0.5) is 0 Å². The Balaban J connectivity index is 1.73. The van der Waals surface area contributed by atoms with Gasteiger partial charge in [-0.15, -0.1) is 0 Å². The van der Waals surface area contributed by atoms with Gasteiger partial charge in [0, 0.05) is 37.8 Å². The molecule has 0 atom stereocenters. The van der Waals surface area contributed by atoms with Crippen molar-refractivity contribution < 1.29 is 19.4 Å². The highest BCUT2D eigenvalue weighted by atomic mass is 16.5. The first-order chi connectivity index (χ1) is 18.0. The van der Waals surface area contributed by atoms with Crippen molar-refractivity contribution >= 4 is 11.7 Å². The lowest BCUT2D eigenvalue weighted by Gasteiger charge is -2.37. The summed E-state index contributed by atoms with van der Waals surface area (Å²) >= 11 is 0. The van der Waals surface area contributed by atoms with Crippen LogP contribution in [0.25, 0.3) is 0 Å². The third kappa shape index (κ3) is 6.14. The number of hydrogen-bond acceptors (Lipinski definition) is 6. The number of benzene rings is 2. The number of nitrogens with one attached hydrogen (secondary N) is 1. The Hall–Kier alpha value is -3.78. The van der Waals surface area contributed by atoms with E-state index in [1.807, 2.05) is 60.7 Å². The number of hydrogen-bond donors (Lipinski definition) is 2. The summed E-state index contributed by atoms with van der Waals surface area (Å²) in [7, 11) is 0. The van der Waals surface area contributed by atoms with Gasteiger partial charge in [-0.2, -0.15) is 0 Å². The number of aromatic amines is 1. The molecule has 194 valence electrons. The van der Waals surface area contributed by atoms with Gasteiger partial charge >= 0.3 is 0 Å². The van der Waals surface area contributed by atoms with Gasteiger partial charge in [-0.05, 0) is 30.9 Å². The first-order valence-electron chi connectivity index (χ1n) is 12.7. The molecule has 1 amide bonds. The van der Waals surface area contributed by atoms with Crippen LogP contribution < -0.4 is 10.3 Å². The predicted octanol–water partition coefficient (Wildman–Crippen LogP) is 3.43. The highest BCUT2D eigenvalue weighted by molar-refractivity contribution is 5.94. The van der Waals surface area contributed by atoms with Gasteiger partial charge in [-0.1, -0.05) is 60.7 Å². The van der Waals surface area contributed by atoms with E-state index in [1.165, 1.54) is 4.90 Å². The van der Waals surface area contributed by atoms with Crippen LogP contribution in [0.3, 0.4) is 0 Å². The molecule has 3 aromatic rings. The van der Waals surface area contributed by atoms with Crippen molar-refractivity contribution in [3.63, 3.8) is 0 Å². The first kappa shape index (κ1) is 26.3. The summed E-state index contributed by atoms with van der Waals surface area (Å²) in [6, 6.07) is 19.3. The van der Waals surface area contributed by atoms with Gasteiger partial charge in [0.25, 0.3) is 11.5 Å². The lowest BCUT2D eigenvalue weighted by Crippen LogP contribution is -2.38. The van der Waals surface area contributed by atoms with Crippen LogP contribution in [0.2, 0.25) is 0 Å². The summed E-state index contributed by atoms with van der Waals surface area (Å²) in [4.78, 5) is 47.8. The Kier molecular flexibility index (Phi) is 8.50. The minimum absolute atomic E-state index is 0.0694. The molecule has 1 fully saturated rings. The Labute approximate surface area is 216 Å². The number of nitrogens with zero attached hydrogens (tertiary/aromatic N) is 2. The van der Waals surface area contributed by atoms with Gasteiger partial charge in [0.1, 0.15) is 18.2 Å². The van der Waals surface area contributed by atoms with Gasteiger partial charge in [-0.3, -0.25) is 14.4 Å². The molecule has 8 nitrogen and oxygen atoms in total. The second-order valence-corrected chi connectivity index (χ2v) is 9.43. The molecule has 1 saturated carbocycles. The fourth-order valence-corrected chi connectivity index (χ4v) is 4.96. The van der Waals surface area contributed by atoms with Crippen molar-refractivity contribution in [2.45, 2.75) is 51.0 Å². The molecule has 4 rings (SSSR count). The molecule has 0 bridgehead atoms. The van der Waals surface area contributed by atoms with Crippen LogP contribution in [-0.4, -0.2) is 51.4 Å². The number of amides is 1. The molecule has 0 saturated heterocycles. The number of aliphatic hydroxyl groups excluding tert-OH is 1. The van der Waals surface area contributed by atoms with E-state index < -0.39 is 11.5 Å². The van der Waals surface area contributed by atoms with E-state index in [0.29, 0.717) is 44.5 Å². The smallest absolute Gasteiger partial charge is 0.294 e. The minimum Gasteiger partial charge on any atom is -0.481 e. The number of likely N-dealkylation sites (N-methyl/N-ethyl adjacent to an activating group) is 1. The Morgan fingerprint density at radius 1 is 1.05 bits per heavy atom. The average molecular weight is 504 g/mol. The average Bonchev–Trinajstić information content (AvgIpc) is 2.93. The minimum atomic E-state index is -0.528. The van der Waals surface area contributed by atoms with Crippen LogP contribution in [0, 0.1) is 0 Å². The van der Waals surface area contributed by atoms with E-state index in [0.717, 1.165) is 11.1 Å². The molecule has 1 aliphatic rings. The number of carbonyl (C=O) groups excluding carboxylic acids is 2. The van der Waals surface area contributed by atoms with Crippen LogP contribution in [-0.2, 0) is 23.2 Å². The highest BCUT2D eigenvalue weighted by Gasteiger charge is 2.38. The normalized spacial score (nSPS) is 14.8. The first-order valence-corrected chi connectivity index (χ1v) is 12.7. The Morgan fingerprint density at radius 3 is 2.32 bits per heavy atom. The molecule has 8 heteroatoms. The second-order valence-electron chi connectivity index (χ2n) is 9.43. The van der Waals surface area contributed by atoms with Gasteiger partial charge in [0.15, 0.2) is 5.69 Å². The van der Waals surface area contributed by atoms with Crippen molar-refractivity contribution in [3.05, 3.63) is 93.7 Å². The van der Waals surface area contributed by atoms with Crippen LogP contribution in [0.1, 0.15) is 60.0 Å². The standard InChI is InChI=1S/C29H33N3O5/c1-2-32(17-18-33)28(36)25-26(37-20-21-9-5-3-6-10-21)27(35)31-24(30-25)19-29(15-13-23(34)14-16-29)22-11-7-4-8-12-22/h3-12,33H,2,13-20H2,1H3,(H,30,31,35). The maximum Gasteiger partial charge on any atom is 0.294 e. The van der Waals surface area contributed by atoms with Gasteiger partial charge in [0.05, 0.1) is 6.61 Å². The van der Waals surface area contributed by atoms with E-state index in [9.17, 15) is 19.5 Å². The topological polar surface area (TPSA) is 113 Å². The number of aliphatic hydroxyl groups is 1. The molecule has 1 heterocycles. The predicted molar refractivity (Wildman–Crippen MR) is 140 cm³/mol. The summed E-state index contributed by atoms with van der Waals surface area (Å²) in [6.07, 6.45) is 2.58. The molecule has 0 aliphatic heterocycles. The maximum atomic E-state index is 13.5. The molecule has 1 aromatic heterocycles. The SMILES string of the molecule is CCN(CCO)C(=O)c1nc(CC2(c3ccccc3)CCC(=O)CC2)[nH]c(=O)c1OCc1ccccc1. The van der Waals surface area contributed by atoms with Crippen molar-refractivity contribution in [1.82, 2.24) is 14.9 Å². The van der Waals surface area contributed by atoms with Gasteiger partial charge < -0.3 is 19.7 Å². The van der Waals surface area contributed by atoms with Crippen molar-refractivity contribution in [3.8, 4) is 5.75 Å². The molecular formula is C29H33N3O5. The zero-order valence-corrected chi connectivity index (χ0v) is 21.1. The zero-order valence-electron chi connectivity index (χ0n) is 21.1. The number of Topliss-reactive ketones (excluding diaryl/α,β-unsaturated/α-hetero) is 1. The Bertz CT molecular complexity index is 1260. The quantitative estimate of drug-likeness (QED) is 0.438. The molecule has 0 spiro atoms. The van der Waals surface area contributed by atoms with Crippen LogP contribution in [0.15, 0.2) is 65.5 Å². The zero-order chi connectivity index (χ0) is 26.3. The van der Waals surface area contributed by atoms with E-state index in [1.54, 1.807) is 6.92 Å². The molecule has 0 unspecified atom stereocenters. The lowest BCUT2D eigenvalue weighted by molar-refractivity contribution is -0.121. The second kappa shape index (κ2) is 12.0. The largest absolute Gasteiger partial charge is 0.481 e. The monoisotopic (exact) mass is 503 g/mol. The number of H-pyrrole nitrogens is 1. The molecular weight excluding hydrogens is 470 g/mol. The number of ketones is 1. The molecule has 2 aromatic carbocycles. The Morgan fingerprint density at radius 2 is 1.70 bits per heavy atom. The van der Waals surface area contributed by atoms with Crippen molar-refractivity contribution in [2.75, 3.05) is 19.7 Å². The molecule has 0 radical (unpaired) electrons. The summed E-state index contributed by atoms with van der Waals surface area (Å²) < 4.78 is 5.86. The van der Waals surface area contributed by atoms with E-state index in [2.05, 4.69) is 9.97 Å². The summed E-state index contributed by atoms with van der Waals surface area (Å²) in [5.74, 6) is -0.00379. The van der Waals surface area contributed by atoms with E-state index >= 15 is 0 Å². The van der Waals surface area contributed by atoms with E-state index in [-0.39, 0.29) is 42.4 Å². The van der Waals surface area contributed by atoms with E-state index in [4.69, 9.17) is 4.74 Å². The molecule has 37 heavy (non-hydrogen) atoms. The highest BCUT2D eigenvalue weighted by Crippen LogP contribution is 2.40. The summed E-state index contributed by atoms with van der Waals surface area (Å²) in [6.45, 7) is 2.16. The molecule has 1 aliphatic carbocycles. The van der Waals surface area contributed by atoms with Gasteiger partial charge in [-0.25, -0.2) is 4.98 Å². The number of aromatic nitrogens is 2. The maximum absolute atomic E-state index is 13.5. The number of ether oxygens (including phenoxy) is 1. The third-order valence-corrected chi connectivity index (χ3v) is 7.05. The van der Waals surface area contributed by atoms with Crippen molar-refractivity contribution in [2.24, 2.45) is 0 Å². The third-order valence-electron chi connectivity index (χ3n) is 7.05. The fraction of sp³-hybridized carbons (Fsp3) is 0.379. The van der Waals surface area contributed by atoms with Crippen LogP contribution in [0.5, 0.6) is 5.75 Å². The number of carbonyl (C=O) groups is 2. The summed E-state index contributed by atoms with van der Waals surface area (Å²) in [5.41, 5.74) is 0.951. The summed E-state index contributed by atoms with van der Waals surface area (Å²) in [5, 5.41) is 9.45. The van der Waals surface area contributed by atoms with Crippen LogP contribution >= 0.6 is 0 Å². The molecule has 2 N–H and O–H groups in total. The fourth-order valence-electron chi connectivity index (χ4n) is 4.96. The van der Waals surface area contributed by atoms with Gasteiger partial charge in [0.2, 0.25) is 5.75 Å². The lowest BCUT2D eigenvalue weighted by atomic mass is 9.67. The number of rotatable bonds is 10.